The standard InChI is InChI=1S/C18H15Cl2N3O2S/c1-25-13-7-5-12(6-8-13)23-10-9-21-18(23)26-11-16(24)22-17-14(19)3-2-4-15(17)20/h2-10H,11H2,1H3,(H,22,24). The van der Waals surface area contributed by atoms with Gasteiger partial charge in [-0.1, -0.05) is 41.0 Å². The quantitative estimate of drug-likeness (QED) is 0.589. The number of hydrogen-bond donors (Lipinski definition) is 1. The number of imidazole rings is 1. The van der Waals surface area contributed by atoms with Crippen LogP contribution in [0.2, 0.25) is 10.0 Å². The van der Waals surface area contributed by atoms with Crippen LogP contribution in [0.15, 0.2) is 60.0 Å². The summed E-state index contributed by atoms with van der Waals surface area (Å²) in [4.78, 5) is 16.6. The molecular weight excluding hydrogens is 393 g/mol. The first-order valence-corrected chi connectivity index (χ1v) is 9.37. The van der Waals surface area contributed by atoms with E-state index in [2.05, 4.69) is 10.3 Å². The zero-order chi connectivity index (χ0) is 18.5. The number of para-hydroxylation sites is 1. The van der Waals surface area contributed by atoms with E-state index in [1.807, 2.05) is 35.0 Å². The van der Waals surface area contributed by atoms with Crippen molar-refractivity contribution in [2.75, 3.05) is 18.2 Å². The number of nitrogens with zero attached hydrogens (tertiary/aromatic N) is 2. The van der Waals surface area contributed by atoms with E-state index in [0.29, 0.717) is 20.9 Å². The van der Waals surface area contributed by atoms with Gasteiger partial charge < -0.3 is 10.1 Å². The SMILES string of the molecule is COc1ccc(-n2ccnc2SCC(=O)Nc2c(Cl)cccc2Cl)cc1. The minimum Gasteiger partial charge on any atom is -0.497 e. The maximum absolute atomic E-state index is 12.2. The number of amides is 1. The van der Waals surface area contributed by atoms with Gasteiger partial charge in [-0.2, -0.15) is 0 Å². The second kappa shape index (κ2) is 8.49. The van der Waals surface area contributed by atoms with E-state index in [-0.39, 0.29) is 11.7 Å². The summed E-state index contributed by atoms with van der Waals surface area (Å²) in [7, 11) is 1.62. The summed E-state index contributed by atoms with van der Waals surface area (Å²) in [6.07, 6.45) is 3.53. The van der Waals surface area contributed by atoms with Crippen molar-refractivity contribution >= 4 is 46.6 Å². The Morgan fingerprint density at radius 2 is 1.88 bits per heavy atom. The fourth-order valence-corrected chi connectivity index (χ4v) is 3.52. The number of carbonyl (C=O) groups excluding carboxylic acids is 1. The summed E-state index contributed by atoms with van der Waals surface area (Å²) < 4.78 is 7.07. The molecule has 5 nitrogen and oxygen atoms in total. The summed E-state index contributed by atoms with van der Waals surface area (Å²) in [5.41, 5.74) is 1.35. The highest BCUT2D eigenvalue weighted by atomic mass is 35.5. The summed E-state index contributed by atoms with van der Waals surface area (Å²) in [5.74, 6) is 0.739. The van der Waals surface area contributed by atoms with Crippen molar-refractivity contribution < 1.29 is 9.53 Å². The summed E-state index contributed by atoms with van der Waals surface area (Å²) in [5, 5.41) is 4.24. The van der Waals surface area contributed by atoms with Gasteiger partial charge in [0.2, 0.25) is 5.91 Å². The number of methoxy groups -OCH3 is 1. The van der Waals surface area contributed by atoms with Crippen LogP contribution < -0.4 is 10.1 Å². The molecule has 0 atom stereocenters. The van der Waals surface area contributed by atoms with Gasteiger partial charge in [-0.25, -0.2) is 4.98 Å². The van der Waals surface area contributed by atoms with Crippen LogP contribution in [0.4, 0.5) is 5.69 Å². The van der Waals surface area contributed by atoms with Gasteiger partial charge in [-0.15, -0.1) is 0 Å². The Balaban J connectivity index is 1.67. The molecule has 1 N–H and O–H groups in total. The fraction of sp³-hybridized carbons (Fsp3) is 0.111. The minimum atomic E-state index is -0.214. The molecule has 1 aromatic heterocycles. The van der Waals surface area contributed by atoms with Gasteiger partial charge in [0.25, 0.3) is 0 Å². The van der Waals surface area contributed by atoms with Crippen LogP contribution in [0, 0.1) is 0 Å². The van der Waals surface area contributed by atoms with Gasteiger partial charge in [0, 0.05) is 18.1 Å². The molecule has 1 amide bonds. The van der Waals surface area contributed by atoms with Crippen molar-refractivity contribution in [2.24, 2.45) is 0 Å². The molecule has 2 aromatic carbocycles. The molecule has 0 saturated carbocycles. The molecule has 3 aromatic rings. The van der Waals surface area contributed by atoms with Crippen LogP contribution >= 0.6 is 35.0 Å². The number of carbonyl (C=O) groups is 1. The largest absolute Gasteiger partial charge is 0.497 e. The van der Waals surface area contributed by atoms with Crippen LogP contribution in [0.3, 0.4) is 0 Å². The highest BCUT2D eigenvalue weighted by Gasteiger charge is 2.12. The van der Waals surface area contributed by atoms with Crippen molar-refractivity contribution in [3.63, 3.8) is 0 Å². The first-order chi connectivity index (χ1) is 12.6. The molecule has 8 heteroatoms. The molecule has 1 heterocycles. The molecule has 0 saturated heterocycles. The lowest BCUT2D eigenvalue weighted by Crippen LogP contribution is -2.15. The third kappa shape index (κ3) is 4.33. The zero-order valence-corrected chi connectivity index (χ0v) is 16.1. The number of aromatic nitrogens is 2. The number of ether oxygens (including phenoxy) is 1. The number of halogens is 2. The zero-order valence-electron chi connectivity index (χ0n) is 13.8. The Kier molecular flexibility index (Phi) is 6.08. The van der Waals surface area contributed by atoms with Crippen molar-refractivity contribution in [1.82, 2.24) is 9.55 Å². The number of rotatable bonds is 6. The Morgan fingerprint density at radius 3 is 2.54 bits per heavy atom. The lowest BCUT2D eigenvalue weighted by atomic mass is 10.3. The molecule has 0 unspecified atom stereocenters. The maximum Gasteiger partial charge on any atom is 0.234 e. The Labute approximate surface area is 165 Å². The normalized spacial score (nSPS) is 10.6. The average Bonchev–Trinajstić information content (AvgIpc) is 3.12. The topological polar surface area (TPSA) is 56.2 Å². The first kappa shape index (κ1) is 18.6. The summed E-state index contributed by atoms with van der Waals surface area (Å²) in [6, 6.07) is 12.7. The van der Waals surface area contributed by atoms with Crippen molar-refractivity contribution in [1.29, 1.82) is 0 Å². The number of hydrogen-bond acceptors (Lipinski definition) is 4. The van der Waals surface area contributed by atoms with Crippen molar-refractivity contribution in [3.8, 4) is 11.4 Å². The van der Waals surface area contributed by atoms with E-state index in [4.69, 9.17) is 27.9 Å². The molecule has 0 aliphatic heterocycles. The molecule has 0 radical (unpaired) electrons. The average molecular weight is 408 g/mol. The van der Waals surface area contributed by atoms with Crippen LogP contribution in [-0.2, 0) is 4.79 Å². The third-order valence-electron chi connectivity index (χ3n) is 3.52. The fourth-order valence-electron chi connectivity index (χ4n) is 2.26. The Bertz CT molecular complexity index is 893. The van der Waals surface area contributed by atoms with Crippen LogP contribution in [0.5, 0.6) is 5.75 Å². The van der Waals surface area contributed by atoms with E-state index in [0.717, 1.165) is 11.4 Å². The van der Waals surface area contributed by atoms with Gasteiger partial charge in [-0.05, 0) is 36.4 Å². The predicted molar refractivity (Wildman–Crippen MR) is 106 cm³/mol. The van der Waals surface area contributed by atoms with Crippen LogP contribution in [0.1, 0.15) is 0 Å². The molecule has 134 valence electrons. The monoisotopic (exact) mass is 407 g/mol. The lowest BCUT2D eigenvalue weighted by Gasteiger charge is -2.10. The Morgan fingerprint density at radius 1 is 1.19 bits per heavy atom. The second-order valence-corrected chi connectivity index (χ2v) is 6.97. The Hall–Kier alpha value is -2.15. The molecule has 0 aliphatic rings. The number of benzene rings is 2. The van der Waals surface area contributed by atoms with Gasteiger partial charge >= 0.3 is 0 Å². The molecule has 3 rings (SSSR count). The predicted octanol–water partition coefficient (Wildman–Crippen LogP) is 4.92. The van der Waals surface area contributed by atoms with E-state index in [1.54, 1.807) is 31.5 Å². The molecule has 0 spiro atoms. The highest BCUT2D eigenvalue weighted by Crippen LogP contribution is 2.30. The third-order valence-corrected chi connectivity index (χ3v) is 5.11. The smallest absolute Gasteiger partial charge is 0.234 e. The molecule has 0 aliphatic carbocycles. The maximum atomic E-state index is 12.2. The molecule has 0 fully saturated rings. The van der Waals surface area contributed by atoms with Gasteiger partial charge in [-0.3, -0.25) is 9.36 Å². The summed E-state index contributed by atoms with van der Waals surface area (Å²) >= 11 is 13.5. The van der Waals surface area contributed by atoms with Crippen LogP contribution in [0.25, 0.3) is 5.69 Å². The van der Waals surface area contributed by atoms with Crippen LogP contribution in [-0.4, -0.2) is 28.3 Å². The first-order valence-electron chi connectivity index (χ1n) is 7.63. The number of anilines is 1. The van der Waals surface area contributed by atoms with E-state index >= 15 is 0 Å². The molecule has 26 heavy (non-hydrogen) atoms. The van der Waals surface area contributed by atoms with Gasteiger partial charge in [0.05, 0.1) is 28.6 Å². The molecule has 0 bridgehead atoms. The number of thioether (sulfide) groups is 1. The highest BCUT2D eigenvalue weighted by molar-refractivity contribution is 7.99. The number of nitrogens with one attached hydrogen (secondary N) is 1. The van der Waals surface area contributed by atoms with Gasteiger partial charge in [0.15, 0.2) is 5.16 Å². The van der Waals surface area contributed by atoms with E-state index in [9.17, 15) is 4.79 Å². The second-order valence-electron chi connectivity index (χ2n) is 5.21. The van der Waals surface area contributed by atoms with Gasteiger partial charge in [0.1, 0.15) is 5.75 Å². The van der Waals surface area contributed by atoms with E-state index < -0.39 is 0 Å². The van der Waals surface area contributed by atoms with Crippen molar-refractivity contribution in [2.45, 2.75) is 5.16 Å². The minimum absolute atomic E-state index is 0.175. The molecular formula is C18H15Cl2N3O2S. The lowest BCUT2D eigenvalue weighted by molar-refractivity contribution is -0.113. The van der Waals surface area contributed by atoms with E-state index in [1.165, 1.54) is 11.8 Å². The van der Waals surface area contributed by atoms with Crippen molar-refractivity contribution in [3.05, 3.63) is 64.9 Å². The summed E-state index contributed by atoms with van der Waals surface area (Å²) in [6.45, 7) is 0.